The Hall–Kier alpha value is -2.69. The number of benzene rings is 1. The van der Waals surface area contributed by atoms with Crippen molar-refractivity contribution in [2.45, 2.75) is 57.6 Å². The number of rotatable bonds is 11. The Balaban J connectivity index is 1.15. The third-order valence-corrected chi connectivity index (χ3v) is 7.31. The van der Waals surface area contributed by atoms with Crippen LogP contribution in [-0.4, -0.2) is 83.7 Å². The molecular weight excluding hydrogens is 462 g/mol. The summed E-state index contributed by atoms with van der Waals surface area (Å²) >= 11 is 0. The van der Waals surface area contributed by atoms with Gasteiger partial charge in [-0.3, -0.25) is 9.69 Å². The van der Waals surface area contributed by atoms with Crippen LogP contribution in [0.4, 0.5) is 5.95 Å². The molecule has 1 aromatic carbocycles. The van der Waals surface area contributed by atoms with Gasteiger partial charge in [-0.25, -0.2) is 0 Å². The Bertz CT molecular complexity index is 991. The number of nitrogens with zero attached hydrogens (tertiary/aromatic N) is 4. The number of aliphatic hydroxyl groups is 2. The van der Waals surface area contributed by atoms with E-state index in [0.29, 0.717) is 18.1 Å². The van der Waals surface area contributed by atoms with Crippen LogP contribution in [0.25, 0.3) is 0 Å². The predicted molar refractivity (Wildman–Crippen MR) is 135 cm³/mol. The Morgan fingerprint density at radius 1 is 1.28 bits per heavy atom. The van der Waals surface area contributed by atoms with Crippen LogP contribution < -0.4 is 15.0 Å². The van der Waals surface area contributed by atoms with Crippen molar-refractivity contribution in [3.05, 3.63) is 35.2 Å². The fraction of sp³-hybridized carbons (Fsp3) is 0.654. The maximum Gasteiger partial charge on any atom is 0.266 e. The molecule has 0 radical (unpaired) electrons. The molecule has 2 saturated heterocycles. The number of anilines is 1. The summed E-state index contributed by atoms with van der Waals surface area (Å²) in [6, 6.07) is 5.64. The number of hydrogen-bond donors (Lipinski definition) is 3. The van der Waals surface area contributed by atoms with E-state index in [1.54, 1.807) is 12.1 Å². The second-order valence-electron chi connectivity index (χ2n) is 10.0. The molecule has 0 aliphatic carbocycles. The van der Waals surface area contributed by atoms with E-state index in [2.05, 4.69) is 32.3 Å². The first-order valence-corrected chi connectivity index (χ1v) is 13.0. The van der Waals surface area contributed by atoms with E-state index in [1.807, 2.05) is 13.0 Å². The minimum absolute atomic E-state index is 0.0140. The SMILES string of the molecule is Cc1cc(OCCCC2CCN(c3noc(C4CCCN4C)n3)CC2)ccc1C(=O)NCC(O)CO. The fourth-order valence-electron chi connectivity index (χ4n) is 5.05. The normalized spacial score (nSPS) is 20.0. The quantitative estimate of drug-likeness (QED) is 0.398. The molecule has 2 aromatic rings. The Labute approximate surface area is 212 Å². The second-order valence-corrected chi connectivity index (χ2v) is 10.0. The lowest BCUT2D eigenvalue weighted by molar-refractivity contribution is 0.0801. The van der Waals surface area contributed by atoms with Gasteiger partial charge in [-0.05, 0) is 93.9 Å². The van der Waals surface area contributed by atoms with Gasteiger partial charge in [-0.15, -0.1) is 0 Å². The van der Waals surface area contributed by atoms with Gasteiger partial charge in [0.25, 0.3) is 11.9 Å². The molecule has 2 unspecified atom stereocenters. The first-order chi connectivity index (χ1) is 17.4. The molecule has 4 rings (SSSR count). The fourth-order valence-corrected chi connectivity index (χ4v) is 5.05. The maximum absolute atomic E-state index is 12.3. The molecule has 2 aliphatic heterocycles. The van der Waals surface area contributed by atoms with Gasteiger partial charge in [0.1, 0.15) is 5.75 Å². The molecule has 1 aromatic heterocycles. The van der Waals surface area contributed by atoms with Gasteiger partial charge in [-0.1, -0.05) is 0 Å². The van der Waals surface area contributed by atoms with Crippen molar-refractivity contribution in [2.24, 2.45) is 5.92 Å². The lowest BCUT2D eigenvalue weighted by Crippen LogP contribution is -2.34. The highest BCUT2D eigenvalue weighted by Crippen LogP contribution is 2.31. The summed E-state index contributed by atoms with van der Waals surface area (Å²) in [5.41, 5.74) is 1.34. The number of aryl methyl sites for hydroxylation is 1. The number of hydrogen-bond acceptors (Lipinski definition) is 9. The van der Waals surface area contributed by atoms with Crippen molar-refractivity contribution in [3.8, 4) is 5.75 Å². The molecule has 198 valence electrons. The zero-order valence-corrected chi connectivity index (χ0v) is 21.4. The number of likely N-dealkylation sites (tertiary alicyclic amines) is 1. The van der Waals surface area contributed by atoms with Crippen molar-refractivity contribution in [3.63, 3.8) is 0 Å². The van der Waals surface area contributed by atoms with Crippen molar-refractivity contribution in [1.29, 1.82) is 0 Å². The average molecular weight is 502 g/mol. The van der Waals surface area contributed by atoms with E-state index in [4.69, 9.17) is 14.4 Å². The zero-order valence-electron chi connectivity index (χ0n) is 21.4. The van der Waals surface area contributed by atoms with Crippen LogP contribution in [-0.2, 0) is 0 Å². The summed E-state index contributed by atoms with van der Waals surface area (Å²) in [7, 11) is 2.11. The van der Waals surface area contributed by atoms with Gasteiger partial charge in [0.15, 0.2) is 0 Å². The summed E-state index contributed by atoms with van der Waals surface area (Å²) in [5, 5.41) is 25.1. The summed E-state index contributed by atoms with van der Waals surface area (Å²) in [4.78, 5) is 21.5. The number of carbonyl (C=O) groups is 1. The lowest BCUT2D eigenvalue weighted by Gasteiger charge is -2.30. The zero-order chi connectivity index (χ0) is 25.5. The standard InChI is InChI=1S/C26H39N5O5/c1-18-15-21(7-8-22(18)24(34)27-16-20(33)17-32)35-14-4-5-19-9-12-31(13-10-19)26-28-25(36-29-26)23-6-3-11-30(23)2/h7-8,15,19-20,23,32-33H,3-6,9-14,16-17H2,1-2H3,(H,27,34). The molecule has 2 atom stereocenters. The molecule has 10 heteroatoms. The molecule has 0 bridgehead atoms. The Morgan fingerprint density at radius 2 is 2.08 bits per heavy atom. The number of nitrogens with one attached hydrogen (secondary N) is 1. The van der Waals surface area contributed by atoms with Crippen LogP contribution in [0.5, 0.6) is 5.75 Å². The van der Waals surface area contributed by atoms with Gasteiger partial charge >= 0.3 is 0 Å². The van der Waals surface area contributed by atoms with Crippen LogP contribution in [0.3, 0.4) is 0 Å². The molecule has 3 heterocycles. The van der Waals surface area contributed by atoms with Crippen molar-refractivity contribution in [2.75, 3.05) is 51.3 Å². The van der Waals surface area contributed by atoms with Gasteiger partial charge in [0.05, 0.1) is 25.4 Å². The highest BCUT2D eigenvalue weighted by molar-refractivity contribution is 5.95. The predicted octanol–water partition coefficient (Wildman–Crippen LogP) is 2.30. The van der Waals surface area contributed by atoms with Crippen LogP contribution in [0, 0.1) is 12.8 Å². The Morgan fingerprint density at radius 3 is 2.78 bits per heavy atom. The lowest BCUT2D eigenvalue weighted by atomic mass is 9.92. The van der Waals surface area contributed by atoms with Gasteiger partial charge in [0, 0.05) is 25.2 Å². The van der Waals surface area contributed by atoms with E-state index < -0.39 is 6.10 Å². The van der Waals surface area contributed by atoms with E-state index in [0.717, 1.165) is 74.9 Å². The summed E-state index contributed by atoms with van der Waals surface area (Å²) in [6.45, 7) is 5.10. The van der Waals surface area contributed by atoms with Crippen LogP contribution in [0.15, 0.2) is 22.7 Å². The highest BCUT2D eigenvalue weighted by Gasteiger charge is 2.29. The third-order valence-electron chi connectivity index (χ3n) is 7.31. The number of carbonyl (C=O) groups excluding carboxylic acids is 1. The van der Waals surface area contributed by atoms with Crippen molar-refractivity contribution in [1.82, 2.24) is 20.4 Å². The first-order valence-electron chi connectivity index (χ1n) is 13.0. The molecule has 2 aliphatic rings. The molecule has 36 heavy (non-hydrogen) atoms. The van der Waals surface area contributed by atoms with E-state index in [-0.39, 0.29) is 25.1 Å². The molecular formula is C26H39N5O5. The molecule has 0 spiro atoms. The monoisotopic (exact) mass is 501 g/mol. The number of ether oxygens (including phenoxy) is 1. The van der Waals surface area contributed by atoms with Gasteiger partial charge in [0.2, 0.25) is 5.89 Å². The van der Waals surface area contributed by atoms with Crippen LogP contribution in [0.2, 0.25) is 0 Å². The van der Waals surface area contributed by atoms with E-state index >= 15 is 0 Å². The number of amides is 1. The molecule has 1 amide bonds. The van der Waals surface area contributed by atoms with Crippen LogP contribution in [0.1, 0.15) is 66.4 Å². The third kappa shape index (κ3) is 6.74. The summed E-state index contributed by atoms with van der Waals surface area (Å²) in [5.74, 6) is 2.60. The minimum atomic E-state index is -0.959. The second kappa shape index (κ2) is 12.5. The molecule has 3 N–H and O–H groups in total. The first kappa shape index (κ1) is 26.4. The minimum Gasteiger partial charge on any atom is -0.494 e. The smallest absolute Gasteiger partial charge is 0.266 e. The molecule has 2 fully saturated rings. The van der Waals surface area contributed by atoms with E-state index in [1.165, 1.54) is 6.42 Å². The summed E-state index contributed by atoms with van der Waals surface area (Å²) < 4.78 is 11.5. The van der Waals surface area contributed by atoms with Crippen LogP contribution >= 0.6 is 0 Å². The van der Waals surface area contributed by atoms with Gasteiger partial charge < -0.3 is 29.7 Å². The summed E-state index contributed by atoms with van der Waals surface area (Å²) in [6.07, 6.45) is 5.62. The van der Waals surface area contributed by atoms with Gasteiger partial charge in [-0.2, -0.15) is 4.98 Å². The Kier molecular flexibility index (Phi) is 9.17. The highest BCUT2D eigenvalue weighted by atomic mass is 16.5. The number of aliphatic hydroxyl groups excluding tert-OH is 2. The maximum atomic E-state index is 12.3. The topological polar surface area (TPSA) is 124 Å². The largest absolute Gasteiger partial charge is 0.494 e. The molecule has 10 nitrogen and oxygen atoms in total. The number of piperidine rings is 1. The molecule has 0 saturated carbocycles. The van der Waals surface area contributed by atoms with Crippen molar-refractivity contribution >= 4 is 11.9 Å². The van der Waals surface area contributed by atoms with Crippen molar-refractivity contribution < 1.29 is 24.3 Å². The number of aromatic nitrogens is 2. The van der Waals surface area contributed by atoms with E-state index in [9.17, 15) is 9.90 Å². The average Bonchev–Trinajstić information content (AvgIpc) is 3.54.